The van der Waals surface area contributed by atoms with Gasteiger partial charge in [0.2, 0.25) is 10.0 Å². The minimum absolute atomic E-state index is 0.199. The average Bonchev–Trinajstić information content (AvgIpc) is 2.98. The minimum Gasteiger partial charge on any atom is -0.472 e. The van der Waals surface area contributed by atoms with Gasteiger partial charge in [0.15, 0.2) is 0 Å². The first-order chi connectivity index (χ1) is 10.6. The Balaban J connectivity index is 1.88. The number of hydrogen-bond donors (Lipinski definition) is 1. The van der Waals surface area contributed by atoms with E-state index in [1.807, 2.05) is 25.1 Å². The number of furan rings is 1. The molecular formula is C16H16N2O3S. The topological polar surface area (TPSA) is 72.2 Å². The van der Waals surface area contributed by atoms with Crippen LogP contribution in [0, 0.1) is 0 Å². The summed E-state index contributed by atoms with van der Waals surface area (Å²) in [6.45, 7) is 1.82. The number of sulfonamides is 1. The van der Waals surface area contributed by atoms with Crippen molar-refractivity contribution in [3.05, 3.63) is 60.7 Å². The molecule has 0 unspecified atom stereocenters. The van der Waals surface area contributed by atoms with E-state index in [0.717, 1.165) is 10.9 Å². The van der Waals surface area contributed by atoms with E-state index in [-0.39, 0.29) is 10.9 Å². The molecule has 0 saturated carbocycles. The van der Waals surface area contributed by atoms with Gasteiger partial charge >= 0.3 is 0 Å². The Morgan fingerprint density at radius 2 is 2.05 bits per heavy atom. The van der Waals surface area contributed by atoms with Crippen LogP contribution in [0.5, 0.6) is 0 Å². The van der Waals surface area contributed by atoms with Gasteiger partial charge in [-0.15, -0.1) is 0 Å². The third-order valence-electron chi connectivity index (χ3n) is 3.36. The second-order valence-corrected chi connectivity index (χ2v) is 6.87. The molecule has 6 heteroatoms. The van der Waals surface area contributed by atoms with Gasteiger partial charge in [-0.05, 0) is 37.1 Å². The van der Waals surface area contributed by atoms with Crippen molar-refractivity contribution in [1.82, 2.24) is 9.71 Å². The van der Waals surface area contributed by atoms with Gasteiger partial charge in [0.05, 0.1) is 18.0 Å². The van der Waals surface area contributed by atoms with Gasteiger partial charge in [0.1, 0.15) is 4.90 Å². The predicted molar refractivity (Wildman–Crippen MR) is 83.9 cm³/mol. The molecule has 0 aliphatic carbocycles. The van der Waals surface area contributed by atoms with Crippen LogP contribution >= 0.6 is 0 Å². The normalized spacial score (nSPS) is 13.3. The minimum atomic E-state index is -3.63. The average molecular weight is 316 g/mol. The Morgan fingerprint density at radius 3 is 2.82 bits per heavy atom. The van der Waals surface area contributed by atoms with Crippen molar-refractivity contribution in [3.63, 3.8) is 0 Å². The van der Waals surface area contributed by atoms with Crippen molar-refractivity contribution in [1.29, 1.82) is 0 Å². The quantitative estimate of drug-likeness (QED) is 0.785. The monoisotopic (exact) mass is 316 g/mol. The Morgan fingerprint density at radius 1 is 1.23 bits per heavy atom. The lowest BCUT2D eigenvalue weighted by Crippen LogP contribution is -2.34. The third kappa shape index (κ3) is 3.03. The number of para-hydroxylation sites is 1. The van der Waals surface area contributed by atoms with Gasteiger partial charge in [-0.1, -0.05) is 18.2 Å². The lowest BCUT2D eigenvalue weighted by atomic mass is 10.1. The van der Waals surface area contributed by atoms with E-state index < -0.39 is 10.0 Å². The zero-order valence-corrected chi connectivity index (χ0v) is 12.9. The summed E-state index contributed by atoms with van der Waals surface area (Å²) in [6.07, 6.45) is 5.35. The molecule has 0 radical (unpaired) electrons. The molecule has 0 saturated heterocycles. The van der Waals surface area contributed by atoms with E-state index in [1.165, 1.54) is 0 Å². The fraction of sp³-hybridized carbons (Fsp3) is 0.188. The van der Waals surface area contributed by atoms with Crippen molar-refractivity contribution in [3.8, 4) is 0 Å². The number of benzene rings is 1. The van der Waals surface area contributed by atoms with Gasteiger partial charge in [-0.25, -0.2) is 13.1 Å². The molecule has 0 aliphatic rings. The zero-order valence-electron chi connectivity index (χ0n) is 12.1. The van der Waals surface area contributed by atoms with Crippen LogP contribution in [0.2, 0.25) is 0 Å². The van der Waals surface area contributed by atoms with Crippen LogP contribution in [-0.2, 0) is 16.4 Å². The van der Waals surface area contributed by atoms with Crippen LogP contribution in [-0.4, -0.2) is 19.4 Å². The Kier molecular flexibility index (Phi) is 3.96. The number of hydrogen-bond acceptors (Lipinski definition) is 4. The third-order valence-corrected chi connectivity index (χ3v) is 4.98. The molecule has 3 rings (SSSR count). The summed E-state index contributed by atoms with van der Waals surface area (Å²) in [5, 5.41) is 0.799. The number of fused-ring (bicyclic) bond motifs is 1. The Bertz CT molecular complexity index is 868. The molecule has 1 aromatic carbocycles. The van der Waals surface area contributed by atoms with Crippen LogP contribution in [0.3, 0.4) is 0 Å². The Hall–Kier alpha value is -2.18. The molecule has 0 amide bonds. The molecule has 3 aromatic rings. The SMILES string of the molecule is C[C@@H](Cc1ccoc1)NS(=O)(=O)c1cccc2cccnc12. The molecule has 1 N–H and O–H groups in total. The molecule has 0 spiro atoms. The molecule has 22 heavy (non-hydrogen) atoms. The smallest absolute Gasteiger partial charge is 0.242 e. The zero-order chi connectivity index (χ0) is 15.6. The summed E-state index contributed by atoms with van der Waals surface area (Å²) in [5.41, 5.74) is 1.43. The first-order valence-corrected chi connectivity index (χ1v) is 8.42. The molecule has 0 fully saturated rings. The van der Waals surface area contributed by atoms with E-state index in [9.17, 15) is 8.42 Å². The van der Waals surface area contributed by atoms with Crippen molar-refractivity contribution in [2.75, 3.05) is 0 Å². The summed E-state index contributed by atoms with van der Waals surface area (Å²) in [6, 6.07) is 10.3. The first-order valence-electron chi connectivity index (χ1n) is 6.93. The van der Waals surface area contributed by atoms with Crippen LogP contribution < -0.4 is 4.72 Å². The number of pyridine rings is 1. The van der Waals surface area contributed by atoms with Gasteiger partial charge in [0, 0.05) is 17.6 Å². The molecule has 0 aliphatic heterocycles. The first kappa shape index (κ1) is 14.7. The molecule has 5 nitrogen and oxygen atoms in total. The highest BCUT2D eigenvalue weighted by Crippen LogP contribution is 2.21. The van der Waals surface area contributed by atoms with E-state index in [2.05, 4.69) is 9.71 Å². The fourth-order valence-corrected chi connectivity index (χ4v) is 3.85. The van der Waals surface area contributed by atoms with Gasteiger partial charge in [-0.2, -0.15) is 0 Å². The van der Waals surface area contributed by atoms with Crippen molar-refractivity contribution < 1.29 is 12.8 Å². The summed E-state index contributed by atoms with van der Waals surface area (Å²) in [7, 11) is -3.63. The standard InChI is InChI=1S/C16H16N2O3S/c1-12(10-13-7-9-21-11-13)18-22(19,20)15-6-2-4-14-5-3-8-17-16(14)15/h2-9,11-12,18H,10H2,1H3/t12-/m0/s1. The van der Waals surface area contributed by atoms with Crippen LogP contribution in [0.15, 0.2) is 64.4 Å². The maximum absolute atomic E-state index is 12.6. The second-order valence-electron chi connectivity index (χ2n) is 5.19. The molecule has 2 heterocycles. The van der Waals surface area contributed by atoms with Gasteiger partial charge < -0.3 is 4.42 Å². The highest BCUT2D eigenvalue weighted by atomic mass is 32.2. The maximum atomic E-state index is 12.6. The van der Waals surface area contributed by atoms with E-state index >= 15 is 0 Å². The van der Waals surface area contributed by atoms with Gasteiger partial charge in [-0.3, -0.25) is 4.98 Å². The molecular weight excluding hydrogens is 300 g/mol. The predicted octanol–water partition coefficient (Wildman–Crippen LogP) is 2.74. The van der Waals surface area contributed by atoms with Crippen LogP contribution in [0.25, 0.3) is 10.9 Å². The maximum Gasteiger partial charge on any atom is 0.242 e. The molecule has 0 bridgehead atoms. The summed E-state index contributed by atoms with van der Waals surface area (Å²) >= 11 is 0. The van der Waals surface area contributed by atoms with E-state index in [0.29, 0.717) is 11.9 Å². The van der Waals surface area contributed by atoms with Crippen LogP contribution in [0.4, 0.5) is 0 Å². The second kappa shape index (κ2) is 5.90. The summed E-state index contributed by atoms with van der Waals surface area (Å²) < 4.78 is 32.9. The lowest BCUT2D eigenvalue weighted by Gasteiger charge is -2.14. The highest BCUT2D eigenvalue weighted by Gasteiger charge is 2.20. The lowest BCUT2D eigenvalue weighted by molar-refractivity contribution is 0.549. The van der Waals surface area contributed by atoms with E-state index in [4.69, 9.17) is 4.42 Å². The molecule has 114 valence electrons. The Labute approximate surface area is 129 Å². The van der Waals surface area contributed by atoms with Crippen LogP contribution in [0.1, 0.15) is 12.5 Å². The summed E-state index contributed by atoms with van der Waals surface area (Å²) in [4.78, 5) is 4.40. The fourth-order valence-electron chi connectivity index (χ4n) is 2.43. The molecule has 2 aromatic heterocycles. The van der Waals surface area contributed by atoms with Crippen molar-refractivity contribution in [2.45, 2.75) is 24.3 Å². The number of nitrogens with zero attached hydrogens (tertiary/aromatic N) is 1. The van der Waals surface area contributed by atoms with Crippen molar-refractivity contribution >= 4 is 20.9 Å². The van der Waals surface area contributed by atoms with E-state index in [1.54, 1.807) is 36.9 Å². The number of nitrogens with one attached hydrogen (secondary N) is 1. The number of aromatic nitrogens is 1. The molecule has 1 atom stereocenters. The summed E-state index contributed by atoms with van der Waals surface area (Å²) in [5.74, 6) is 0. The van der Waals surface area contributed by atoms with Gasteiger partial charge in [0.25, 0.3) is 0 Å². The van der Waals surface area contributed by atoms with Crippen molar-refractivity contribution in [2.24, 2.45) is 0 Å². The largest absolute Gasteiger partial charge is 0.472 e. The highest BCUT2D eigenvalue weighted by molar-refractivity contribution is 7.89. The number of rotatable bonds is 5.